The van der Waals surface area contributed by atoms with Gasteiger partial charge in [0.25, 0.3) is 0 Å². The molecule has 0 aliphatic heterocycles. The fourth-order valence-corrected chi connectivity index (χ4v) is 5.15. The van der Waals surface area contributed by atoms with Gasteiger partial charge in [0, 0.05) is 35.1 Å². The van der Waals surface area contributed by atoms with E-state index < -0.39 is 46.5 Å². The average molecular weight is 577 g/mol. The molecule has 0 saturated heterocycles. The molecule has 3 atom stereocenters. The van der Waals surface area contributed by atoms with Crippen LogP contribution in [0.2, 0.25) is 15.1 Å². The van der Waals surface area contributed by atoms with Gasteiger partial charge in [-0.2, -0.15) is 13.2 Å². The Kier molecular flexibility index (Phi) is 7.95. The van der Waals surface area contributed by atoms with Crippen LogP contribution in [0.1, 0.15) is 24.8 Å². The minimum absolute atomic E-state index is 0.121. The Morgan fingerprint density at radius 1 is 1.09 bits per heavy atom. The number of halogens is 8. The summed E-state index contributed by atoms with van der Waals surface area (Å²) in [6.07, 6.45) is -5.25. The van der Waals surface area contributed by atoms with Crippen LogP contribution in [0, 0.1) is 11.8 Å². The van der Waals surface area contributed by atoms with Gasteiger partial charge in [-0.1, -0.05) is 41.7 Å². The quantitative estimate of drug-likeness (QED) is 0.358. The second-order valence-corrected chi connectivity index (χ2v) is 10.8. The van der Waals surface area contributed by atoms with Gasteiger partial charge in [0.2, 0.25) is 11.8 Å². The molecule has 1 aliphatic carbocycles. The van der Waals surface area contributed by atoms with Crippen LogP contribution in [0.15, 0.2) is 36.4 Å². The van der Waals surface area contributed by atoms with E-state index in [1.54, 1.807) is 12.1 Å². The van der Waals surface area contributed by atoms with Crippen LogP contribution in [0.25, 0.3) is 0 Å². The molecule has 0 spiro atoms. The van der Waals surface area contributed by atoms with Crippen molar-refractivity contribution in [2.24, 2.45) is 11.8 Å². The molecule has 1 aliphatic rings. The molecule has 1 saturated carbocycles. The zero-order valence-corrected chi connectivity index (χ0v) is 21.5. The number of amides is 2. The fourth-order valence-electron chi connectivity index (χ4n) is 3.54. The van der Waals surface area contributed by atoms with Gasteiger partial charge in [-0.25, -0.2) is 0 Å². The second kappa shape index (κ2) is 9.94. The van der Waals surface area contributed by atoms with Crippen LogP contribution in [0.4, 0.5) is 24.5 Å². The monoisotopic (exact) mass is 574 g/mol. The standard InChI is InChI=1S/C22H18Cl5F3N2O2/c1-10(22(28,29)30)5-17(33)32(2)16-9-14(3-4-15(16)25)31-20(34)19-18(21(19,26)27)11-6-12(23)8-13(24)7-11/h3-4,6-10,18-19H,5H2,1-2H3,(H,31,34)/t10?,18-,19+/m0/s1. The Labute approximate surface area is 219 Å². The van der Waals surface area contributed by atoms with E-state index >= 15 is 0 Å². The molecule has 2 aromatic rings. The number of nitrogens with one attached hydrogen (secondary N) is 1. The van der Waals surface area contributed by atoms with Gasteiger partial charge >= 0.3 is 6.18 Å². The molecule has 12 heteroatoms. The molecule has 1 unspecified atom stereocenters. The molecule has 0 heterocycles. The summed E-state index contributed by atoms with van der Waals surface area (Å²) in [7, 11) is 1.31. The Balaban J connectivity index is 1.76. The first-order valence-electron chi connectivity index (χ1n) is 9.90. The van der Waals surface area contributed by atoms with E-state index in [1.807, 2.05) is 0 Å². The second-order valence-electron chi connectivity index (χ2n) is 8.09. The molecule has 0 aromatic heterocycles. The number of carbonyl (C=O) groups excluding carboxylic acids is 2. The maximum atomic E-state index is 12.9. The van der Waals surface area contributed by atoms with E-state index in [0.29, 0.717) is 15.6 Å². The van der Waals surface area contributed by atoms with Gasteiger partial charge < -0.3 is 10.2 Å². The smallest absolute Gasteiger partial charge is 0.326 e. The summed E-state index contributed by atoms with van der Waals surface area (Å²) in [5.41, 5.74) is 0.992. The fraction of sp³-hybridized carbons (Fsp3) is 0.364. The minimum atomic E-state index is -4.50. The van der Waals surface area contributed by atoms with Crippen molar-refractivity contribution in [2.75, 3.05) is 17.3 Å². The Morgan fingerprint density at radius 3 is 2.24 bits per heavy atom. The zero-order chi connectivity index (χ0) is 25.6. The molecule has 0 bridgehead atoms. The summed E-state index contributed by atoms with van der Waals surface area (Å²) in [4.78, 5) is 26.3. The first-order valence-corrected chi connectivity index (χ1v) is 11.8. The summed E-state index contributed by atoms with van der Waals surface area (Å²) in [5, 5.41) is 3.52. The lowest BCUT2D eigenvalue weighted by atomic mass is 10.1. The van der Waals surface area contributed by atoms with Crippen LogP contribution in [-0.2, 0) is 9.59 Å². The van der Waals surface area contributed by atoms with Gasteiger partial charge in [0.1, 0.15) is 4.33 Å². The first kappa shape index (κ1) is 27.2. The number of hydrogen-bond acceptors (Lipinski definition) is 2. The summed E-state index contributed by atoms with van der Waals surface area (Å²) in [6.45, 7) is 0.924. The van der Waals surface area contributed by atoms with E-state index in [0.717, 1.165) is 11.8 Å². The van der Waals surface area contributed by atoms with Crippen LogP contribution in [0.5, 0.6) is 0 Å². The molecule has 3 rings (SSSR count). The Morgan fingerprint density at radius 2 is 1.68 bits per heavy atom. The number of benzene rings is 2. The lowest BCUT2D eigenvalue weighted by molar-refractivity contribution is -0.173. The first-order chi connectivity index (χ1) is 15.6. The van der Waals surface area contributed by atoms with Gasteiger partial charge in [0.15, 0.2) is 0 Å². The molecular weight excluding hydrogens is 559 g/mol. The van der Waals surface area contributed by atoms with Crippen molar-refractivity contribution in [1.29, 1.82) is 0 Å². The van der Waals surface area contributed by atoms with E-state index in [1.165, 1.54) is 31.3 Å². The van der Waals surface area contributed by atoms with Crippen molar-refractivity contribution in [3.63, 3.8) is 0 Å². The molecular formula is C22H18Cl5F3N2O2. The van der Waals surface area contributed by atoms with Crippen LogP contribution < -0.4 is 10.2 Å². The van der Waals surface area contributed by atoms with E-state index in [9.17, 15) is 22.8 Å². The van der Waals surface area contributed by atoms with Crippen molar-refractivity contribution < 1.29 is 22.8 Å². The predicted molar refractivity (Wildman–Crippen MR) is 130 cm³/mol. The molecule has 34 heavy (non-hydrogen) atoms. The number of nitrogens with zero attached hydrogens (tertiary/aromatic N) is 1. The van der Waals surface area contributed by atoms with Crippen LogP contribution >= 0.6 is 58.0 Å². The number of carbonyl (C=O) groups is 2. The summed E-state index contributed by atoms with van der Waals surface area (Å²) in [6, 6.07) is 9.06. The highest BCUT2D eigenvalue weighted by atomic mass is 35.5. The van der Waals surface area contributed by atoms with Gasteiger partial charge in [-0.3, -0.25) is 9.59 Å². The Hall–Kier alpha value is -1.38. The predicted octanol–water partition coefficient (Wildman–Crippen LogP) is 7.72. The third-order valence-corrected chi connectivity index (χ3v) is 7.27. The van der Waals surface area contributed by atoms with Crippen molar-refractivity contribution in [3.05, 3.63) is 57.0 Å². The largest absolute Gasteiger partial charge is 0.392 e. The van der Waals surface area contributed by atoms with Crippen molar-refractivity contribution in [3.8, 4) is 0 Å². The van der Waals surface area contributed by atoms with Crippen molar-refractivity contribution in [2.45, 2.75) is 29.8 Å². The van der Waals surface area contributed by atoms with Crippen LogP contribution in [0.3, 0.4) is 0 Å². The number of anilines is 2. The summed E-state index contributed by atoms with van der Waals surface area (Å²) in [5.74, 6) is -4.49. The van der Waals surface area contributed by atoms with E-state index in [4.69, 9.17) is 58.0 Å². The van der Waals surface area contributed by atoms with Gasteiger partial charge in [-0.05, 0) is 42.0 Å². The van der Waals surface area contributed by atoms with Gasteiger partial charge in [0.05, 0.1) is 22.5 Å². The third-order valence-electron chi connectivity index (χ3n) is 5.57. The molecule has 184 valence electrons. The normalized spacial score (nSPS) is 19.9. The van der Waals surface area contributed by atoms with Gasteiger partial charge in [-0.15, -0.1) is 23.2 Å². The van der Waals surface area contributed by atoms with E-state index in [2.05, 4.69) is 5.32 Å². The zero-order valence-electron chi connectivity index (χ0n) is 17.7. The molecule has 0 radical (unpaired) electrons. The van der Waals surface area contributed by atoms with Crippen molar-refractivity contribution in [1.82, 2.24) is 0 Å². The highest BCUT2D eigenvalue weighted by Crippen LogP contribution is 2.65. The number of hydrogen-bond donors (Lipinski definition) is 1. The highest BCUT2D eigenvalue weighted by molar-refractivity contribution is 6.53. The number of alkyl halides is 5. The third kappa shape index (κ3) is 5.88. The Bertz CT molecular complexity index is 1110. The van der Waals surface area contributed by atoms with Crippen LogP contribution in [-0.4, -0.2) is 29.4 Å². The topological polar surface area (TPSA) is 49.4 Å². The molecule has 1 fully saturated rings. The molecule has 4 nitrogen and oxygen atoms in total. The number of rotatable bonds is 6. The maximum Gasteiger partial charge on any atom is 0.392 e. The maximum absolute atomic E-state index is 12.9. The SMILES string of the molecule is CC(CC(=O)N(C)c1cc(NC(=O)[C@H]2[C@H](c3cc(Cl)cc(Cl)c3)C2(Cl)Cl)ccc1Cl)C(F)(F)F. The molecule has 2 aromatic carbocycles. The lowest BCUT2D eigenvalue weighted by Gasteiger charge is -2.22. The average Bonchev–Trinajstić information content (AvgIpc) is 3.29. The molecule has 2 amide bonds. The minimum Gasteiger partial charge on any atom is -0.326 e. The lowest BCUT2D eigenvalue weighted by Crippen LogP contribution is -2.32. The summed E-state index contributed by atoms with van der Waals surface area (Å²) >= 11 is 31.0. The van der Waals surface area contributed by atoms with Crippen molar-refractivity contribution >= 4 is 81.2 Å². The summed E-state index contributed by atoms with van der Waals surface area (Å²) < 4.78 is 37.1. The van der Waals surface area contributed by atoms with E-state index in [-0.39, 0.29) is 16.4 Å². The molecule has 1 N–H and O–H groups in total. The highest BCUT2D eigenvalue weighted by Gasteiger charge is 2.67.